The Labute approximate surface area is 97.5 Å². The molecule has 0 atom stereocenters. The topological polar surface area (TPSA) is 116 Å². The Balaban J connectivity index is 2.52. The van der Waals surface area contributed by atoms with E-state index in [2.05, 4.69) is 21.3 Å². The standard InChI is InChI=1S/C9H14N4O4/c14-6-4-12-7(15)5-13-9(17)8(16)11-3-1-2-10-6/h1-5H2,(H,10,14)(H,11,16)(H,12,15)(H,13,17). The summed E-state index contributed by atoms with van der Waals surface area (Å²) in [5, 5.41) is 9.37. The number of hydrogen-bond acceptors (Lipinski definition) is 4. The normalized spacial score (nSPS) is 19.8. The van der Waals surface area contributed by atoms with E-state index >= 15 is 0 Å². The lowest BCUT2D eigenvalue weighted by atomic mass is 10.4. The van der Waals surface area contributed by atoms with E-state index < -0.39 is 17.7 Å². The van der Waals surface area contributed by atoms with E-state index in [9.17, 15) is 19.2 Å². The van der Waals surface area contributed by atoms with Gasteiger partial charge in [0.25, 0.3) is 0 Å². The van der Waals surface area contributed by atoms with Gasteiger partial charge in [-0.25, -0.2) is 0 Å². The van der Waals surface area contributed by atoms with Gasteiger partial charge in [-0.15, -0.1) is 0 Å². The highest BCUT2D eigenvalue weighted by Crippen LogP contribution is 1.78. The van der Waals surface area contributed by atoms with Crippen molar-refractivity contribution in [2.45, 2.75) is 6.42 Å². The summed E-state index contributed by atoms with van der Waals surface area (Å²) < 4.78 is 0. The van der Waals surface area contributed by atoms with Crippen LogP contribution in [0.5, 0.6) is 0 Å². The first-order chi connectivity index (χ1) is 8.09. The van der Waals surface area contributed by atoms with Crippen LogP contribution in [0, 0.1) is 0 Å². The molecule has 1 saturated heterocycles. The van der Waals surface area contributed by atoms with Gasteiger partial charge in [-0.1, -0.05) is 0 Å². The minimum atomic E-state index is -0.862. The van der Waals surface area contributed by atoms with Gasteiger partial charge in [0, 0.05) is 13.1 Å². The molecule has 0 aromatic rings. The van der Waals surface area contributed by atoms with Crippen molar-refractivity contribution in [1.29, 1.82) is 0 Å². The molecule has 0 aliphatic carbocycles. The summed E-state index contributed by atoms with van der Waals surface area (Å²) in [6, 6.07) is 0. The molecular formula is C9H14N4O4. The van der Waals surface area contributed by atoms with Crippen molar-refractivity contribution < 1.29 is 19.2 Å². The van der Waals surface area contributed by atoms with E-state index in [0.717, 1.165) is 0 Å². The predicted molar refractivity (Wildman–Crippen MR) is 56.7 cm³/mol. The lowest BCUT2D eigenvalue weighted by Gasteiger charge is -2.05. The van der Waals surface area contributed by atoms with Crippen molar-refractivity contribution in [3.8, 4) is 0 Å². The Morgan fingerprint density at radius 1 is 0.647 bits per heavy atom. The molecule has 0 aromatic carbocycles. The van der Waals surface area contributed by atoms with E-state index in [0.29, 0.717) is 13.0 Å². The van der Waals surface area contributed by atoms with Crippen LogP contribution in [0.3, 0.4) is 0 Å². The fourth-order valence-corrected chi connectivity index (χ4v) is 1.14. The number of amides is 4. The van der Waals surface area contributed by atoms with Crippen LogP contribution in [0.15, 0.2) is 0 Å². The zero-order valence-electron chi connectivity index (χ0n) is 9.17. The van der Waals surface area contributed by atoms with Crippen LogP contribution >= 0.6 is 0 Å². The maximum absolute atomic E-state index is 11.2. The maximum Gasteiger partial charge on any atom is 0.309 e. The van der Waals surface area contributed by atoms with Crippen LogP contribution in [0.1, 0.15) is 6.42 Å². The second kappa shape index (κ2) is 6.46. The highest BCUT2D eigenvalue weighted by molar-refractivity contribution is 6.35. The SMILES string of the molecule is O=C1CNC(=O)CNC(=O)C(=O)NCCCN1. The highest BCUT2D eigenvalue weighted by atomic mass is 16.2. The van der Waals surface area contributed by atoms with Crippen LogP contribution in [0.25, 0.3) is 0 Å². The monoisotopic (exact) mass is 242 g/mol. The molecular weight excluding hydrogens is 228 g/mol. The Morgan fingerprint density at radius 2 is 1.18 bits per heavy atom. The molecule has 0 spiro atoms. The third-order valence-corrected chi connectivity index (χ3v) is 2.02. The summed E-state index contributed by atoms with van der Waals surface area (Å²) in [6.45, 7) is 0.181. The van der Waals surface area contributed by atoms with Gasteiger partial charge in [-0.2, -0.15) is 0 Å². The lowest BCUT2D eigenvalue weighted by Crippen LogP contribution is -2.45. The number of carbonyl (C=O) groups is 4. The minimum Gasteiger partial charge on any atom is -0.355 e. The van der Waals surface area contributed by atoms with Gasteiger partial charge in [0.1, 0.15) is 0 Å². The van der Waals surface area contributed by atoms with Gasteiger partial charge in [0.2, 0.25) is 11.8 Å². The molecule has 94 valence electrons. The Hall–Kier alpha value is -2.12. The molecule has 17 heavy (non-hydrogen) atoms. The first kappa shape index (κ1) is 12.9. The molecule has 4 N–H and O–H groups in total. The quantitative estimate of drug-likeness (QED) is 0.336. The third-order valence-electron chi connectivity index (χ3n) is 2.02. The molecule has 1 aliphatic rings. The zero-order chi connectivity index (χ0) is 12.7. The predicted octanol–water partition coefficient (Wildman–Crippen LogP) is -3.15. The van der Waals surface area contributed by atoms with E-state index in [1.807, 2.05) is 0 Å². The molecule has 0 bridgehead atoms. The molecule has 0 unspecified atom stereocenters. The van der Waals surface area contributed by atoms with Crippen LogP contribution < -0.4 is 21.3 Å². The van der Waals surface area contributed by atoms with Gasteiger partial charge < -0.3 is 21.3 Å². The molecule has 0 aromatic heterocycles. The molecule has 1 rings (SSSR count). The summed E-state index contributed by atoms with van der Waals surface area (Å²) >= 11 is 0. The van der Waals surface area contributed by atoms with E-state index in [-0.39, 0.29) is 25.5 Å². The summed E-state index contributed by atoms with van der Waals surface area (Å²) in [6.07, 6.45) is 0.513. The van der Waals surface area contributed by atoms with E-state index in [1.54, 1.807) is 0 Å². The third kappa shape index (κ3) is 4.96. The van der Waals surface area contributed by atoms with Crippen LogP contribution in [-0.2, 0) is 19.2 Å². The largest absolute Gasteiger partial charge is 0.355 e. The Morgan fingerprint density at radius 3 is 1.94 bits per heavy atom. The van der Waals surface area contributed by atoms with Crippen molar-refractivity contribution in [1.82, 2.24) is 21.3 Å². The van der Waals surface area contributed by atoms with Crippen molar-refractivity contribution in [3.63, 3.8) is 0 Å². The molecule has 1 heterocycles. The first-order valence-corrected chi connectivity index (χ1v) is 5.19. The van der Waals surface area contributed by atoms with Gasteiger partial charge in [-0.05, 0) is 6.42 Å². The van der Waals surface area contributed by atoms with Crippen LogP contribution in [0.4, 0.5) is 0 Å². The molecule has 8 heteroatoms. The number of rotatable bonds is 0. The van der Waals surface area contributed by atoms with Gasteiger partial charge in [0.15, 0.2) is 0 Å². The Bertz CT molecular complexity index is 342. The number of nitrogens with one attached hydrogen (secondary N) is 4. The molecule has 8 nitrogen and oxygen atoms in total. The van der Waals surface area contributed by atoms with Crippen molar-refractivity contribution >= 4 is 23.6 Å². The van der Waals surface area contributed by atoms with Gasteiger partial charge in [-0.3, -0.25) is 19.2 Å². The summed E-state index contributed by atoms with van der Waals surface area (Å²) in [7, 11) is 0. The molecule has 0 saturated carbocycles. The zero-order valence-corrected chi connectivity index (χ0v) is 9.17. The fourth-order valence-electron chi connectivity index (χ4n) is 1.14. The smallest absolute Gasteiger partial charge is 0.309 e. The molecule has 1 fully saturated rings. The summed E-state index contributed by atoms with van der Waals surface area (Å²) in [4.78, 5) is 44.6. The van der Waals surface area contributed by atoms with E-state index in [1.165, 1.54) is 0 Å². The fraction of sp³-hybridized carbons (Fsp3) is 0.556. The number of hydrogen-bond donors (Lipinski definition) is 4. The van der Waals surface area contributed by atoms with Crippen molar-refractivity contribution in [3.05, 3.63) is 0 Å². The van der Waals surface area contributed by atoms with Gasteiger partial charge >= 0.3 is 11.8 Å². The van der Waals surface area contributed by atoms with Crippen molar-refractivity contribution in [2.75, 3.05) is 26.2 Å². The highest BCUT2D eigenvalue weighted by Gasteiger charge is 2.14. The first-order valence-electron chi connectivity index (χ1n) is 5.19. The average Bonchev–Trinajstić information content (AvgIpc) is 2.32. The molecule has 4 amide bonds. The molecule has 1 aliphatic heterocycles. The average molecular weight is 242 g/mol. The second-order valence-corrected chi connectivity index (χ2v) is 3.42. The Kier molecular flexibility index (Phi) is 4.92. The van der Waals surface area contributed by atoms with Crippen LogP contribution in [0.2, 0.25) is 0 Å². The summed E-state index contributed by atoms with van der Waals surface area (Å²) in [5.41, 5.74) is 0. The molecule has 0 radical (unpaired) electrons. The lowest BCUT2D eigenvalue weighted by molar-refractivity contribution is -0.139. The van der Waals surface area contributed by atoms with Crippen molar-refractivity contribution in [2.24, 2.45) is 0 Å². The number of carbonyl (C=O) groups excluding carboxylic acids is 4. The maximum atomic E-state index is 11.2. The van der Waals surface area contributed by atoms with Crippen LogP contribution in [-0.4, -0.2) is 49.8 Å². The van der Waals surface area contributed by atoms with E-state index in [4.69, 9.17) is 0 Å². The second-order valence-electron chi connectivity index (χ2n) is 3.42. The minimum absolute atomic E-state index is 0.143. The summed E-state index contributed by atoms with van der Waals surface area (Å²) in [5.74, 6) is -2.49. The van der Waals surface area contributed by atoms with Gasteiger partial charge in [0.05, 0.1) is 13.1 Å².